The number of hydrogen-bond acceptors (Lipinski definition) is 10. The standard InChI is InChI=1S/C47H57F3N8O7S/c1-24(2)37(55-42(61)63-9)39(59)57-20-29(48)17-36(57)66-26(5)38-51-18-32(53-38)28-11-13-30-35(16-28)65-34-14-12-27(15-31(34)44(30,6)7)33-19-52-40(54-33)45(8)21-46(49,50)22-58(45)23-47(25(3)4,41(58)60)56-43(62)64-10/h11-16,18-19,24-26,29,36-37H,17,20-23H2,1-10H3,(H3-,51,52,53,54,55,56,61,62)/p+1. The monoisotopic (exact) mass is 935 g/mol. The van der Waals surface area contributed by atoms with Crippen molar-refractivity contribution >= 4 is 35.8 Å². The zero-order chi connectivity index (χ0) is 47.9. The molecule has 19 heteroatoms. The van der Waals surface area contributed by atoms with E-state index in [4.69, 9.17) is 14.2 Å². The zero-order valence-electron chi connectivity index (χ0n) is 38.8. The molecule has 0 aliphatic carbocycles. The Bertz CT molecular complexity index is 2580. The Labute approximate surface area is 385 Å². The molecule has 0 radical (unpaired) electrons. The van der Waals surface area contributed by atoms with Crippen LogP contribution in [0.25, 0.3) is 22.5 Å². The summed E-state index contributed by atoms with van der Waals surface area (Å²) in [5, 5.41) is 4.56. The minimum absolute atomic E-state index is 0.0323. The Balaban J connectivity index is 0.994. The Morgan fingerprint density at radius 3 is 2.24 bits per heavy atom. The normalized spacial score (nSPS) is 26.9. The van der Waals surface area contributed by atoms with Gasteiger partial charge in [0.25, 0.3) is 0 Å². The summed E-state index contributed by atoms with van der Waals surface area (Å²) in [6.07, 6.45) is 0.169. The third-order valence-electron chi connectivity index (χ3n) is 14.3. The van der Waals surface area contributed by atoms with Crippen LogP contribution in [-0.2, 0) is 30.0 Å². The number of quaternary nitrogens is 1. The average Bonchev–Trinajstić information content (AvgIpc) is 4.07. The second kappa shape index (κ2) is 16.6. The van der Waals surface area contributed by atoms with Gasteiger partial charge in [-0.3, -0.25) is 10.1 Å². The number of rotatable bonds is 11. The molecule has 0 saturated carbocycles. The fourth-order valence-electron chi connectivity index (χ4n) is 10.4. The van der Waals surface area contributed by atoms with Crippen LogP contribution in [0.15, 0.2) is 48.8 Å². The highest BCUT2D eigenvalue weighted by Gasteiger charge is 2.81. The topological polar surface area (TPSA) is 181 Å². The first-order chi connectivity index (χ1) is 31.0. The minimum Gasteiger partial charge on any atom is -0.457 e. The number of alkyl carbamates (subject to hydrolysis) is 2. The number of amides is 4. The molecule has 8 rings (SSSR count). The lowest BCUT2D eigenvalue weighted by molar-refractivity contribution is -0.934. The Morgan fingerprint density at radius 2 is 1.58 bits per heavy atom. The Morgan fingerprint density at radius 1 is 0.909 bits per heavy atom. The van der Waals surface area contributed by atoms with Gasteiger partial charge in [-0.2, -0.15) is 0 Å². The lowest BCUT2D eigenvalue weighted by atomic mass is 9.72. The van der Waals surface area contributed by atoms with Crippen molar-refractivity contribution in [2.45, 2.75) is 113 Å². The SMILES string of the molecule is COC(=O)NC(C(=O)N1CC(F)CC1SC(C)c1ncc(-c2ccc3c(c2)Oc2ccc(-c4cnc(C5(C)CC(F)(F)C[N+]56CC(NC(=O)OC)(C(C)C)C6=O)[nH]4)cc2C3(C)C)[nH]1)C(C)C. The van der Waals surface area contributed by atoms with Gasteiger partial charge in [0.15, 0.2) is 17.9 Å². The number of imidazole rings is 2. The van der Waals surface area contributed by atoms with Crippen LogP contribution in [-0.4, -0.2) is 116 Å². The third kappa shape index (κ3) is 7.68. The predicted octanol–water partition coefficient (Wildman–Crippen LogP) is 8.33. The summed E-state index contributed by atoms with van der Waals surface area (Å²) < 4.78 is 61.3. The van der Waals surface area contributed by atoms with Crippen molar-refractivity contribution in [3.8, 4) is 34.0 Å². The number of nitrogens with one attached hydrogen (secondary N) is 4. The van der Waals surface area contributed by atoms with Gasteiger partial charge in [-0.1, -0.05) is 53.7 Å². The molecular formula is C47H58F3N8O7S+. The number of methoxy groups -OCH3 is 2. The zero-order valence-corrected chi connectivity index (χ0v) is 39.6. The molecule has 354 valence electrons. The summed E-state index contributed by atoms with van der Waals surface area (Å²) in [5.74, 6) is -2.41. The number of halogens is 3. The molecule has 0 bridgehead atoms. The fraction of sp³-hybridized carbons (Fsp3) is 0.532. The molecule has 4 aliphatic heterocycles. The van der Waals surface area contributed by atoms with Gasteiger partial charge in [-0.25, -0.2) is 42.0 Å². The lowest BCUT2D eigenvalue weighted by Gasteiger charge is -2.58. The van der Waals surface area contributed by atoms with Gasteiger partial charge in [-0.15, -0.1) is 11.8 Å². The van der Waals surface area contributed by atoms with Crippen LogP contribution >= 0.6 is 11.8 Å². The molecule has 2 aromatic heterocycles. The Kier molecular flexibility index (Phi) is 11.8. The minimum atomic E-state index is -3.16. The van der Waals surface area contributed by atoms with Crippen LogP contribution in [0.4, 0.5) is 22.8 Å². The van der Waals surface area contributed by atoms with E-state index in [0.717, 1.165) is 27.9 Å². The summed E-state index contributed by atoms with van der Waals surface area (Å²) in [4.78, 5) is 69.7. The van der Waals surface area contributed by atoms with Crippen molar-refractivity contribution in [1.82, 2.24) is 35.5 Å². The number of thioether (sulfide) groups is 1. The van der Waals surface area contributed by atoms with Gasteiger partial charge in [0, 0.05) is 34.1 Å². The molecule has 7 unspecified atom stereocenters. The van der Waals surface area contributed by atoms with Crippen LogP contribution in [0.2, 0.25) is 0 Å². The van der Waals surface area contributed by atoms with Gasteiger partial charge in [0.05, 0.1) is 61.6 Å². The molecule has 15 nitrogen and oxygen atoms in total. The third-order valence-corrected chi connectivity index (χ3v) is 15.7. The second-order valence-corrected chi connectivity index (χ2v) is 21.1. The number of H-pyrrole nitrogens is 2. The van der Waals surface area contributed by atoms with E-state index < -0.39 is 75.5 Å². The van der Waals surface area contributed by atoms with Crippen molar-refractivity contribution in [3.05, 3.63) is 71.6 Å². The molecule has 3 saturated heterocycles. The van der Waals surface area contributed by atoms with E-state index in [1.807, 2.05) is 57.2 Å². The fourth-order valence-corrected chi connectivity index (χ4v) is 11.8. The van der Waals surface area contributed by atoms with Crippen molar-refractivity contribution in [2.75, 3.05) is 33.9 Å². The van der Waals surface area contributed by atoms with E-state index in [0.29, 0.717) is 23.0 Å². The first-order valence-electron chi connectivity index (χ1n) is 22.2. The smallest absolute Gasteiger partial charge is 0.408 e. The van der Waals surface area contributed by atoms with Crippen LogP contribution in [0, 0.1) is 11.8 Å². The number of likely N-dealkylation sites (tertiary alicyclic amines) is 1. The number of β-lactam (4-membered cyclic amide) rings is 1. The number of alkyl halides is 3. The number of carbonyl (C=O) groups is 4. The van der Waals surface area contributed by atoms with Gasteiger partial charge >= 0.3 is 24.0 Å². The first-order valence-corrected chi connectivity index (χ1v) is 23.1. The van der Waals surface area contributed by atoms with Crippen molar-refractivity contribution in [3.63, 3.8) is 0 Å². The first kappa shape index (κ1) is 47.0. The number of aromatic amines is 2. The highest BCUT2D eigenvalue weighted by atomic mass is 32.2. The number of carbonyl (C=O) groups excluding carboxylic acids is 4. The van der Waals surface area contributed by atoms with E-state index in [1.165, 1.54) is 30.9 Å². The van der Waals surface area contributed by atoms with Crippen molar-refractivity contribution < 1.29 is 51.0 Å². The molecule has 2 aromatic carbocycles. The van der Waals surface area contributed by atoms with E-state index >= 15 is 8.78 Å². The molecule has 4 amide bonds. The summed E-state index contributed by atoms with van der Waals surface area (Å²) in [7, 11) is 2.42. The molecule has 3 fully saturated rings. The van der Waals surface area contributed by atoms with Gasteiger partial charge in [-0.05, 0) is 49.9 Å². The largest absolute Gasteiger partial charge is 0.457 e. The van der Waals surface area contributed by atoms with Crippen LogP contribution in [0.1, 0.15) is 96.3 Å². The van der Waals surface area contributed by atoms with E-state index in [9.17, 15) is 23.6 Å². The predicted molar refractivity (Wildman–Crippen MR) is 240 cm³/mol. The average molecular weight is 936 g/mol. The number of benzene rings is 2. The molecule has 7 atom stereocenters. The molecule has 66 heavy (non-hydrogen) atoms. The molecular weight excluding hydrogens is 878 g/mol. The van der Waals surface area contributed by atoms with Gasteiger partial charge in [0.2, 0.25) is 11.4 Å². The van der Waals surface area contributed by atoms with E-state index in [2.05, 4.69) is 44.4 Å². The molecule has 4 aliphatic rings. The second-order valence-electron chi connectivity index (χ2n) is 19.5. The van der Waals surface area contributed by atoms with Crippen molar-refractivity contribution in [1.29, 1.82) is 0 Å². The number of hydrogen-bond donors (Lipinski definition) is 4. The summed E-state index contributed by atoms with van der Waals surface area (Å²) in [5.41, 5.74) is 1.46. The van der Waals surface area contributed by atoms with E-state index in [1.54, 1.807) is 33.2 Å². The number of nitrogens with zero attached hydrogens (tertiary/aromatic N) is 4. The van der Waals surface area contributed by atoms with Crippen LogP contribution < -0.4 is 15.4 Å². The maximum absolute atomic E-state index is 15.5. The number of ether oxygens (including phenoxy) is 3. The molecule has 4 N–H and O–H groups in total. The highest BCUT2D eigenvalue weighted by molar-refractivity contribution is 8.00. The maximum atomic E-state index is 15.5. The summed E-state index contributed by atoms with van der Waals surface area (Å²) in [6, 6.07) is 10.8. The number of fused-ring (bicyclic) bond motifs is 2. The molecule has 1 spiro atoms. The maximum Gasteiger partial charge on any atom is 0.408 e. The summed E-state index contributed by atoms with van der Waals surface area (Å²) in [6.45, 7) is 14.2. The molecule has 4 aromatic rings. The van der Waals surface area contributed by atoms with Crippen LogP contribution in [0.3, 0.4) is 0 Å². The quantitative estimate of drug-likeness (QED) is 0.0844. The van der Waals surface area contributed by atoms with Gasteiger partial charge in [0.1, 0.15) is 36.1 Å². The van der Waals surface area contributed by atoms with Crippen LogP contribution in [0.5, 0.6) is 11.5 Å². The summed E-state index contributed by atoms with van der Waals surface area (Å²) >= 11 is 1.43. The molecule has 6 heterocycles. The van der Waals surface area contributed by atoms with Gasteiger partial charge < -0.3 is 34.4 Å². The lowest BCUT2D eigenvalue weighted by Crippen LogP contribution is -2.87. The Hall–Kier alpha value is -5.56. The highest BCUT2D eigenvalue weighted by Crippen LogP contribution is 2.58. The van der Waals surface area contributed by atoms with E-state index in [-0.39, 0.29) is 48.3 Å². The number of aromatic nitrogens is 4. The van der Waals surface area contributed by atoms with Crippen molar-refractivity contribution in [2.24, 2.45) is 11.8 Å².